The van der Waals surface area contributed by atoms with Gasteiger partial charge in [-0.1, -0.05) is 35.9 Å². The number of benzene rings is 1. The molecule has 1 unspecified atom stereocenters. The lowest BCUT2D eigenvalue weighted by molar-refractivity contribution is -0.117. The van der Waals surface area contributed by atoms with Gasteiger partial charge in [0.25, 0.3) is 0 Å². The molecule has 0 saturated heterocycles. The molecule has 1 aromatic carbocycles. The zero-order chi connectivity index (χ0) is 13.7. The fraction of sp³-hybridized carbons (Fsp3) is 0.500. The van der Waals surface area contributed by atoms with E-state index in [4.69, 9.17) is 0 Å². The molecule has 1 aromatic rings. The molecule has 1 rings (SSSR count). The van der Waals surface area contributed by atoms with Crippen LogP contribution in [0, 0.1) is 12.7 Å². The van der Waals surface area contributed by atoms with Crippen LogP contribution in [0.25, 0.3) is 0 Å². The van der Waals surface area contributed by atoms with Crippen LogP contribution in [0.2, 0.25) is 0 Å². The maximum atomic E-state index is 13.3. The van der Waals surface area contributed by atoms with Crippen molar-refractivity contribution in [3.63, 3.8) is 0 Å². The van der Waals surface area contributed by atoms with E-state index in [0.717, 1.165) is 18.5 Å². The topological polar surface area (TPSA) is 20.3 Å². The van der Waals surface area contributed by atoms with E-state index >= 15 is 0 Å². The molecule has 18 heavy (non-hydrogen) atoms. The van der Waals surface area contributed by atoms with Gasteiger partial charge in [-0.2, -0.15) is 0 Å². The molecule has 4 heteroatoms. The van der Waals surface area contributed by atoms with E-state index < -0.39 is 0 Å². The first-order chi connectivity index (χ1) is 8.47. The molecule has 0 fully saturated rings. The number of nitrogens with zero attached hydrogens (tertiary/aromatic N) is 1. The number of hydrogen-bond donors (Lipinski definition) is 0. The molecule has 0 N–H and O–H groups in total. The Kier molecular flexibility index (Phi) is 6.05. The number of carbonyl (C=O) groups is 1. The highest BCUT2D eigenvalue weighted by molar-refractivity contribution is 14.1. The van der Waals surface area contributed by atoms with Crippen LogP contribution in [0.5, 0.6) is 0 Å². The summed E-state index contributed by atoms with van der Waals surface area (Å²) in [7, 11) is 0. The average molecular weight is 363 g/mol. The summed E-state index contributed by atoms with van der Waals surface area (Å²) >= 11 is 2.11. The largest absolute Gasteiger partial charge is 0.312 e. The Labute approximate surface area is 122 Å². The highest BCUT2D eigenvalue weighted by Crippen LogP contribution is 2.21. The second-order valence-electron chi connectivity index (χ2n) is 4.39. The molecule has 0 saturated carbocycles. The van der Waals surface area contributed by atoms with E-state index in [-0.39, 0.29) is 15.6 Å². The first kappa shape index (κ1) is 15.4. The van der Waals surface area contributed by atoms with Crippen LogP contribution in [0.3, 0.4) is 0 Å². The van der Waals surface area contributed by atoms with Crippen molar-refractivity contribution in [2.75, 3.05) is 11.4 Å². The van der Waals surface area contributed by atoms with E-state index in [1.165, 1.54) is 6.07 Å². The number of halogens is 2. The van der Waals surface area contributed by atoms with Gasteiger partial charge in [0.1, 0.15) is 5.82 Å². The first-order valence-electron chi connectivity index (χ1n) is 6.19. The number of hydrogen-bond acceptors (Lipinski definition) is 1. The van der Waals surface area contributed by atoms with Crippen molar-refractivity contribution in [2.45, 2.75) is 37.5 Å². The Morgan fingerprint density at radius 3 is 2.67 bits per heavy atom. The molecule has 0 aliphatic heterocycles. The SMILES string of the molecule is CCCCN(C(=O)C(C)I)c1ccc(F)c(C)c1. The highest BCUT2D eigenvalue weighted by Gasteiger charge is 2.19. The third-order valence-corrected chi connectivity index (χ3v) is 3.33. The molecular formula is C14H19FINO. The summed E-state index contributed by atoms with van der Waals surface area (Å²) < 4.78 is 13.2. The summed E-state index contributed by atoms with van der Waals surface area (Å²) in [4.78, 5) is 13.9. The Hall–Kier alpha value is -0.650. The molecular weight excluding hydrogens is 344 g/mol. The van der Waals surface area contributed by atoms with Crippen molar-refractivity contribution in [3.8, 4) is 0 Å². The Bertz CT molecular complexity index is 420. The van der Waals surface area contributed by atoms with Crippen molar-refractivity contribution >= 4 is 34.2 Å². The predicted octanol–water partition coefficient (Wildman–Crippen LogP) is 4.09. The summed E-state index contributed by atoms with van der Waals surface area (Å²) in [5.74, 6) is -0.153. The standard InChI is InChI=1S/C14H19FINO/c1-4-5-8-17(14(18)11(3)16)12-6-7-13(15)10(2)9-12/h6-7,9,11H,4-5,8H2,1-3H3. The molecule has 1 amide bonds. The van der Waals surface area contributed by atoms with Crippen LogP contribution in [0.15, 0.2) is 18.2 Å². The van der Waals surface area contributed by atoms with Gasteiger partial charge in [-0.15, -0.1) is 0 Å². The lowest BCUT2D eigenvalue weighted by Crippen LogP contribution is -2.36. The molecule has 100 valence electrons. The van der Waals surface area contributed by atoms with Crippen molar-refractivity contribution in [2.24, 2.45) is 0 Å². The molecule has 0 aromatic heterocycles. The lowest BCUT2D eigenvalue weighted by atomic mass is 10.1. The number of carbonyl (C=O) groups excluding carboxylic acids is 1. The van der Waals surface area contributed by atoms with Crippen LogP contribution in [0.4, 0.5) is 10.1 Å². The van der Waals surface area contributed by atoms with Gasteiger partial charge >= 0.3 is 0 Å². The fourth-order valence-corrected chi connectivity index (χ4v) is 2.03. The Morgan fingerprint density at radius 2 is 2.17 bits per heavy atom. The summed E-state index contributed by atoms with van der Waals surface area (Å²) in [6.45, 7) is 6.37. The van der Waals surface area contributed by atoms with Gasteiger partial charge in [-0.25, -0.2) is 4.39 Å². The highest BCUT2D eigenvalue weighted by atomic mass is 127. The second kappa shape index (κ2) is 7.07. The van der Waals surface area contributed by atoms with Crippen LogP contribution in [0.1, 0.15) is 32.3 Å². The predicted molar refractivity (Wildman–Crippen MR) is 81.9 cm³/mol. The number of unbranched alkanes of at least 4 members (excludes halogenated alkanes) is 1. The van der Waals surface area contributed by atoms with Crippen molar-refractivity contribution in [1.82, 2.24) is 0 Å². The first-order valence-corrected chi connectivity index (χ1v) is 7.43. The maximum Gasteiger partial charge on any atom is 0.239 e. The van der Waals surface area contributed by atoms with Gasteiger partial charge in [-0.3, -0.25) is 4.79 Å². The second-order valence-corrected chi connectivity index (χ2v) is 6.26. The number of alkyl halides is 1. The van der Waals surface area contributed by atoms with Gasteiger partial charge in [0, 0.05) is 12.2 Å². The Balaban J connectivity index is 3.01. The molecule has 0 aliphatic carbocycles. The number of anilines is 1. The van der Waals surface area contributed by atoms with Gasteiger partial charge in [-0.05, 0) is 44.0 Å². The van der Waals surface area contributed by atoms with Crippen LogP contribution < -0.4 is 4.90 Å². The summed E-state index contributed by atoms with van der Waals surface area (Å²) in [6, 6.07) is 4.84. The van der Waals surface area contributed by atoms with Crippen LogP contribution >= 0.6 is 22.6 Å². The van der Waals surface area contributed by atoms with Gasteiger partial charge in [0.15, 0.2) is 0 Å². The van der Waals surface area contributed by atoms with Gasteiger partial charge in [0.2, 0.25) is 5.91 Å². The fourth-order valence-electron chi connectivity index (χ4n) is 1.69. The molecule has 0 spiro atoms. The van der Waals surface area contributed by atoms with Crippen LogP contribution in [-0.4, -0.2) is 16.4 Å². The van der Waals surface area contributed by atoms with Crippen molar-refractivity contribution < 1.29 is 9.18 Å². The number of amides is 1. The molecule has 0 bridgehead atoms. The molecule has 0 radical (unpaired) electrons. The third kappa shape index (κ3) is 3.93. The quantitative estimate of drug-likeness (QED) is 0.570. The Morgan fingerprint density at radius 1 is 1.50 bits per heavy atom. The van der Waals surface area contributed by atoms with Crippen molar-refractivity contribution in [1.29, 1.82) is 0 Å². The smallest absolute Gasteiger partial charge is 0.239 e. The average Bonchev–Trinajstić information content (AvgIpc) is 2.33. The molecule has 1 atom stereocenters. The number of aryl methyl sites for hydroxylation is 1. The lowest BCUT2D eigenvalue weighted by Gasteiger charge is -2.24. The van der Waals surface area contributed by atoms with E-state index in [9.17, 15) is 9.18 Å². The minimum absolute atomic E-state index is 0.0788. The zero-order valence-corrected chi connectivity index (χ0v) is 13.2. The normalized spacial score (nSPS) is 12.3. The van der Waals surface area contributed by atoms with Crippen molar-refractivity contribution in [3.05, 3.63) is 29.6 Å². The van der Waals surface area contributed by atoms with Crippen LogP contribution in [-0.2, 0) is 4.79 Å². The monoisotopic (exact) mass is 363 g/mol. The minimum Gasteiger partial charge on any atom is -0.312 e. The van der Waals surface area contributed by atoms with E-state index in [1.54, 1.807) is 24.0 Å². The number of rotatable bonds is 5. The minimum atomic E-state index is -0.232. The van der Waals surface area contributed by atoms with E-state index in [1.807, 2.05) is 6.92 Å². The van der Waals surface area contributed by atoms with Gasteiger partial charge in [0.05, 0.1) is 3.92 Å². The third-order valence-electron chi connectivity index (χ3n) is 2.79. The molecule has 0 aliphatic rings. The summed E-state index contributed by atoms with van der Waals surface area (Å²) in [5, 5.41) is 0. The van der Waals surface area contributed by atoms with Gasteiger partial charge < -0.3 is 4.90 Å². The maximum absolute atomic E-state index is 13.3. The van der Waals surface area contributed by atoms with E-state index in [2.05, 4.69) is 29.5 Å². The summed E-state index contributed by atoms with van der Waals surface area (Å²) in [6.07, 6.45) is 1.98. The zero-order valence-electron chi connectivity index (χ0n) is 11.0. The molecule has 0 heterocycles. The summed E-state index contributed by atoms with van der Waals surface area (Å²) in [5.41, 5.74) is 1.36. The molecule has 2 nitrogen and oxygen atoms in total. The van der Waals surface area contributed by atoms with E-state index in [0.29, 0.717) is 12.1 Å².